The Balaban J connectivity index is 1.55. The lowest BCUT2D eigenvalue weighted by Crippen LogP contribution is -2.47. The molecule has 0 spiro atoms. The Kier molecular flexibility index (Phi) is 10.4. The van der Waals surface area contributed by atoms with Crippen molar-refractivity contribution in [1.82, 2.24) is 9.80 Å². The van der Waals surface area contributed by atoms with Gasteiger partial charge in [0.15, 0.2) is 0 Å². The Labute approximate surface area is 242 Å². The lowest BCUT2D eigenvalue weighted by Gasteiger charge is -2.34. The van der Waals surface area contributed by atoms with E-state index in [1.807, 2.05) is 67.6 Å². The standard InChI is InChI=1S/C33H41N3O5/c1-23-19-36(24(2)22-37)33(39)18-27-17-28(34-32(38)16-25-8-6-5-7-9-25)12-15-30(27)41-31(23)21-35(3)20-26-10-13-29(40-4)14-11-26/h5-15,17,23-24,31,37H,16,18-22H2,1-4H3,(H,34,38)/t23-,24-,31-/m0/s1. The molecule has 1 heterocycles. The van der Waals surface area contributed by atoms with Crippen LogP contribution in [0.5, 0.6) is 11.5 Å². The summed E-state index contributed by atoms with van der Waals surface area (Å²) in [5.74, 6) is 1.24. The van der Waals surface area contributed by atoms with E-state index in [0.717, 1.165) is 23.4 Å². The van der Waals surface area contributed by atoms with Crippen LogP contribution in [0.15, 0.2) is 72.8 Å². The topological polar surface area (TPSA) is 91.3 Å². The molecule has 3 aromatic carbocycles. The van der Waals surface area contributed by atoms with E-state index >= 15 is 0 Å². The fourth-order valence-electron chi connectivity index (χ4n) is 5.13. The Morgan fingerprint density at radius 1 is 1.12 bits per heavy atom. The first-order valence-corrected chi connectivity index (χ1v) is 14.1. The van der Waals surface area contributed by atoms with E-state index in [1.165, 1.54) is 0 Å². The zero-order chi connectivity index (χ0) is 29.4. The summed E-state index contributed by atoms with van der Waals surface area (Å²) in [5, 5.41) is 12.9. The van der Waals surface area contributed by atoms with E-state index in [2.05, 4.69) is 36.3 Å². The third-order valence-electron chi connectivity index (χ3n) is 7.51. The fourth-order valence-corrected chi connectivity index (χ4v) is 5.13. The van der Waals surface area contributed by atoms with Crippen LogP contribution < -0.4 is 14.8 Å². The third kappa shape index (κ3) is 8.31. The summed E-state index contributed by atoms with van der Waals surface area (Å²) in [7, 11) is 3.71. The van der Waals surface area contributed by atoms with Crippen molar-refractivity contribution in [3.05, 3.63) is 89.5 Å². The van der Waals surface area contributed by atoms with Crippen LogP contribution in [-0.2, 0) is 29.0 Å². The molecule has 2 N–H and O–H groups in total. The molecule has 0 bridgehead atoms. The highest BCUT2D eigenvalue weighted by Gasteiger charge is 2.31. The summed E-state index contributed by atoms with van der Waals surface area (Å²) in [4.78, 5) is 30.2. The van der Waals surface area contributed by atoms with E-state index in [9.17, 15) is 14.7 Å². The average molecular weight is 560 g/mol. The smallest absolute Gasteiger partial charge is 0.228 e. The molecule has 1 aliphatic rings. The number of anilines is 1. The molecule has 3 aromatic rings. The first kappa shape index (κ1) is 30.1. The van der Waals surface area contributed by atoms with E-state index < -0.39 is 0 Å². The van der Waals surface area contributed by atoms with Gasteiger partial charge in [-0.05, 0) is 55.4 Å². The monoisotopic (exact) mass is 559 g/mol. The summed E-state index contributed by atoms with van der Waals surface area (Å²) >= 11 is 0. The molecule has 0 fully saturated rings. The van der Waals surface area contributed by atoms with Crippen LogP contribution in [0.2, 0.25) is 0 Å². The molecule has 2 amide bonds. The van der Waals surface area contributed by atoms with Gasteiger partial charge < -0.3 is 24.8 Å². The molecule has 0 unspecified atom stereocenters. The Morgan fingerprint density at radius 3 is 2.54 bits per heavy atom. The number of rotatable bonds is 10. The largest absolute Gasteiger partial charge is 0.497 e. The summed E-state index contributed by atoms with van der Waals surface area (Å²) in [6.45, 7) is 5.65. The molecule has 41 heavy (non-hydrogen) atoms. The van der Waals surface area contributed by atoms with Gasteiger partial charge in [0, 0.05) is 36.8 Å². The number of aliphatic hydroxyl groups is 1. The van der Waals surface area contributed by atoms with Crippen molar-refractivity contribution in [1.29, 1.82) is 0 Å². The molecule has 8 heteroatoms. The summed E-state index contributed by atoms with van der Waals surface area (Å²) in [5.41, 5.74) is 3.41. The lowest BCUT2D eigenvalue weighted by molar-refractivity contribution is -0.134. The van der Waals surface area contributed by atoms with Crippen LogP contribution in [0.25, 0.3) is 0 Å². The van der Waals surface area contributed by atoms with Crippen molar-refractivity contribution in [3.63, 3.8) is 0 Å². The van der Waals surface area contributed by atoms with E-state index in [0.29, 0.717) is 30.1 Å². The van der Waals surface area contributed by atoms with Crippen LogP contribution in [0.3, 0.4) is 0 Å². The van der Waals surface area contributed by atoms with E-state index in [1.54, 1.807) is 12.0 Å². The number of nitrogens with one attached hydrogen (secondary N) is 1. The molecule has 0 aliphatic carbocycles. The van der Waals surface area contributed by atoms with Crippen molar-refractivity contribution in [2.75, 3.05) is 39.2 Å². The third-order valence-corrected chi connectivity index (χ3v) is 7.51. The van der Waals surface area contributed by atoms with Gasteiger partial charge in [-0.25, -0.2) is 0 Å². The SMILES string of the molecule is COc1ccc(CN(C)C[C@@H]2Oc3ccc(NC(=O)Cc4ccccc4)cc3CC(=O)N([C@@H](C)CO)C[C@@H]2C)cc1. The van der Waals surface area contributed by atoms with Crippen LogP contribution in [0, 0.1) is 5.92 Å². The van der Waals surface area contributed by atoms with E-state index in [4.69, 9.17) is 9.47 Å². The first-order chi connectivity index (χ1) is 19.7. The number of methoxy groups -OCH3 is 1. The van der Waals surface area contributed by atoms with Crippen LogP contribution >= 0.6 is 0 Å². The number of carbonyl (C=O) groups excluding carboxylic acids is 2. The minimum Gasteiger partial charge on any atom is -0.497 e. The predicted molar refractivity (Wildman–Crippen MR) is 160 cm³/mol. The number of ether oxygens (including phenoxy) is 2. The second kappa shape index (κ2) is 14.1. The average Bonchev–Trinajstić information content (AvgIpc) is 3.01. The molecular formula is C33H41N3O5. The van der Waals surface area contributed by atoms with Gasteiger partial charge in [-0.3, -0.25) is 14.5 Å². The molecular weight excluding hydrogens is 518 g/mol. The fraction of sp³-hybridized carbons (Fsp3) is 0.394. The second-order valence-corrected chi connectivity index (χ2v) is 11.0. The number of aliphatic hydroxyl groups excluding tert-OH is 1. The Bertz CT molecular complexity index is 1300. The highest BCUT2D eigenvalue weighted by Crippen LogP contribution is 2.29. The summed E-state index contributed by atoms with van der Waals surface area (Å²) in [6, 6.07) is 22.7. The minimum atomic E-state index is -0.321. The maximum Gasteiger partial charge on any atom is 0.228 e. The van der Waals surface area contributed by atoms with Gasteiger partial charge in [-0.2, -0.15) is 0 Å². The quantitative estimate of drug-likeness (QED) is 0.388. The van der Waals surface area contributed by atoms with Gasteiger partial charge in [0.05, 0.1) is 32.6 Å². The second-order valence-electron chi connectivity index (χ2n) is 11.0. The van der Waals surface area contributed by atoms with Crippen molar-refractivity contribution >= 4 is 17.5 Å². The molecule has 4 rings (SSSR count). The lowest BCUT2D eigenvalue weighted by atomic mass is 10.0. The van der Waals surface area contributed by atoms with Crippen molar-refractivity contribution < 1.29 is 24.2 Å². The molecule has 8 nitrogen and oxygen atoms in total. The van der Waals surface area contributed by atoms with Crippen molar-refractivity contribution in [3.8, 4) is 11.5 Å². The Hall–Kier alpha value is -3.88. The van der Waals surface area contributed by atoms with E-state index in [-0.39, 0.29) is 49.3 Å². The zero-order valence-electron chi connectivity index (χ0n) is 24.4. The number of benzene rings is 3. The maximum atomic E-state index is 13.5. The highest BCUT2D eigenvalue weighted by atomic mass is 16.5. The van der Waals surface area contributed by atoms with Gasteiger partial charge in [-0.1, -0.05) is 49.4 Å². The predicted octanol–water partition coefficient (Wildman–Crippen LogP) is 4.16. The minimum absolute atomic E-state index is 0.00229. The normalized spacial score (nSPS) is 18.0. The number of amides is 2. The van der Waals surface area contributed by atoms with Crippen LogP contribution in [0.1, 0.15) is 30.5 Å². The van der Waals surface area contributed by atoms with Crippen LogP contribution in [0.4, 0.5) is 5.69 Å². The van der Waals surface area contributed by atoms with Gasteiger partial charge >= 0.3 is 0 Å². The summed E-state index contributed by atoms with van der Waals surface area (Å²) < 4.78 is 11.9. The molecule has 0 saturated carbocycles. The van der Waals surface area contributed by atoms with Gasteiger partial charge in [0.25, 0.3) is 0 Å². The first-order valence-electron chi connectivity index (χ1n) is 14.1. The number of hydrogen-bond donors (Lipinski definition) is 2. The molecule has 0 radical (unpaired) electrons. The molecule has 218 valence electrons. The zero-order valence-corrected chi connectivity index (χ0v) is 24.4. The number of hydrogen-bond acceptors (Lipinski definition) is 6. The molecule has 0 aromatic heterocycles. The molecule has 3 atom stereocenters. The maximum absolute atomic E-state index is 13.5. The molecule has 1 aliphatic heterocycles. The number of carbonyl (C=O) groups is 2. The Morgan fingerprint density at radius 2 is 1.85 bits per heavy atom. The number of fused-ring (bicyclic) bond motifs is 1. The number of likely N-dealkylation sites (N-methyl/N-ethyl adjacent to an activating group) is 1. The van der Waals surface area contributed by atoms with Crippen molar-refractivity contribution in [2.45, 2.75) is 45.4 Å². The highest BCUT2D eigenvalue weighted by molar-refractivity contribution is 5.92. The number of nitrogens with zero attached hydrogens (tertiary/aromatic N) is 2. The van der Waals surface area contributed by atoms with Gasteiger partial charge in [0.1, 0.15) is 17.6 Å². The van der Waals surface area contributed by atoms with Crippen LogP contribution in [-0.4, -0.2) is 72.7 Å². The summed E-state index contributed by atoms with van der Waals surface area (Å²) in [6.07, 6.45) is 0.160. The van der Waals surface area contributed by atoms with Gasteiger partial charge in [-0.15, -0.1) is 0 Å². The van der Waals surface area contributed by atoms with Gasteiger partial charge in [0.2, 0.25) is 11.8 Å². The molecule has 0 saturated heterocycles. The van der Waals surface area contributed by atoms with Crippen molar-refractivity contribution in [2.24, 2.45) is 5.92 Å².